The number of unbranched alkanes of at least 4 members (excludes halogenated alkanes) is 1. The van der Waals surface area contributed by atoms with Crippen molar-refractivity contribution in [3.63, 3.8) is 0 Å². The molecule has 0 spiro atoms. The van der Waals surface area contributed by atoms with E-state index in [0.717, 1.165) is 19.1 Å². The summed E-state index contributed by atoms with van der Waals surface area (Å²) in [6, 6.07) is 0.649. The van der Waals surface area contributed by atoms with Crippen LogP contribution in [0, 0.1) is 5.92 Å². The van der Waals surface area contributed by atoms with Gasteiger partial charge in [0.15, 0.2) is 0 Å². The van der Waals surface area contributed by atoms with Gasteiger partial charge in [-0.3, -0.25) is 0 Å². The van der Waals surface area contributed by atoms with E-state index in [1.165, 1.54) is 19.3 Å². The highest BCUT2D eigenvalue weighted by Crippen LogP contribution is 2.03. The van der Waals surface area contributed by atoms with Crippen LogP contribution >= 0.6 is 0 Å². The lowest BCUT2D eigenvalue weighted by Crippen LogP contribution is -2.28. The summed E-state index contributed by atoms with van der Waals surface area (Å²) < 4.78 is 5.49. The lowest BCUT2D eigenvalue weighted by atomic mass is 10.1. The highest BCUT2D eigenvalue weighted by Gasteiger charge is 2.03. The van der Waals surface area contributed by atoms with Crippen LogP contribution in [0.1, 0.15) is 53.9 Å². The Morgan fingerprint density at radius 2 is 1.67 bits per heavy atom. The average molecular weight is 215 g/mol. The van der Waals surface area contributed by atoms with Crippen LogP contribution in [-0.2, 0) is 4.74 Å². The molecule has 0 aromatic carbocycles. The van der Waals surface area contributed by atoms with Crippen molar-refractivity contribution in [2.45, 2.75) is 66.0 Å². The Labute approximate surface area is 95.8 Å². The SMILES string of the molecule is CC(C)CC(C)NCCCCOC(C)C. The number of nitrogens with one attached hydrogen (secondary N) is 1. The molecule has 0 aromatic heterocycles. The van der Waals surface area contributed by atoms with Crippen LogP contribution in [0.15, 0.2) is 0 Å². The zero-order valence-electron chi connectivity index (χ0n) is 11.2. The Morgan fingerprint density at radius 3 is 2.20 bits per heavy atom. The Bertz CT molecular complexity index is 134. The predicted molar refractivity (Wildman–Crippen MR) is 67.2 cm³/mol. The summed E-state index contributed by atoms with van der Waals surface area (Å²) in [5.41, 5.74) is 0. The fourth-order valence-electron chi connectivity index (χ4n) is 1.68. The van der Waals surface area contributed by atoms with E-state index in [9.17, 15) is 0 Å². The Morgan fingerprint density at radius 1 is 1.00 bits per heavy atom. The lowest BCUT2D eigenvalue weighted by Gasteiger charge is -2.15. The minimum Gasteiger partial charge on any atom is -0.379 e. The predicted octanol–water partition coefficient (Wildman–Crippen LogP) is 3.22. The molecule has 2 heteroatoms. The molecule has 0 saturated carbocycles. The second-order valence-electron chi connectivity index (χ2n) is 5.11. The maximum absolute atomic E-state index is 5.49. The van der Waals surface area contributed by atoms with Gasteiger partial charge in [-0.2, -0.15) is 0 Å². The molecule has 0 bridgehead atoms. The third-order valence-electron chi connectivity index (χ3n) is 2.34. The van der Waals surface area contributed by atoms with Gasteiger partial charge in [-0.15, -0.1) is 0 Å². The Hall–Kier alpha value is -0.0800. The van der Waals surface area contributed by atoms with Crippen molar-refractivity contribution in [2.75, 3.05) is 13.2 Å². The molecule has 0 aromatic rings. The fraction of sp³-hybridized carbons (Fsp3) is 1.00. The van der Waals surface area contributed by atoms with E-state index < -0.39 is 0 Å². The smallest absolute Gasteiger partial charge is 0.0518 e. The molecular formula is C13H29NO. The van der Waals surface area contributed by atoms with E-state index >= 15 is 0 Å². The summed E-state index contributed by atoms with van der Waals surface area (Å²) in [5, 5.41) is 3.55. The van der Waals surface area contributed by atoms with E-state index in [-0.39, 0.29) is 0 Å². The highest BCUT2D eigenvalue weighted by molar-refractivity contribution is 4.62. The topological polar surface area (TPSA) is 21.3 Å². The van der Waals surface area contributed by atoms with Crippen molar-refractivity contribution in [3.8, 4) is 0 Å². The monoisotopic (exact) mass is 215 g/mol. The van der Waals surface area contributed by atoms with Crippen LogP contribution in [0.25, 0.3) is 0 Å². The molecule has 0 aliphatic carbocycles. The first-order valence-electron chi connectivity index (χ1n) is 6.37. The van der Waals surface area contributed by atoms with E-state index in [2.05, 4.69) is 39.9 Å². The molecule has 0 aliphatic rings. The Balaban J connectivity index is 3.16. The van der Waals surface area contributed by atoms with Gasteiger partial charge in [0, 0.05) is 12.6 Å². The van der Waals surface area contributed by atoms with Gasteiger partial charge in [-0.25, -0.2) is 0 Å². The van der Waals surface area contributed by atoms with Crippen LogP contribution in [0.4, 0.5) is 0 Å². The van der Waals surface area contributed by atoms with Crippen molar-refractivity contribution < 1.29 is 4.74 Å². The molecule has 15 heavy (non-hydrogen) atoms. The summed E-state index contributed by atoms with van der Waals surface area (Å²) in [6.07, 6.45) is 4.02. The maximum atomic E-state index is 5.49. The van der Waals surface area contributed by atoms with Gasteiger partial charge < -0.3 is 10.1 Å². The fourth-order valence-corrected chi connectivity index (χ4v) is 1.68. The van der Waals surface area contributed by atoms with E-state index in [1.54, 1.807) is 0 Å². The zero-order valence-corrected chi connectivity index (χ0v) is 11.2. The summed E-state index contributed by atoms with van der Waals surface area (Å²) in [4.78, 5) is 0. The molecule has 0 saturated heterocycles. The van der Waals surface area contributed by atoms with Gasteiger partial charge >= 0.3 is 0 Å². The molecule has 1 atom stereocenters. The molecule has 1 unspecified atom stereocenters. The van der Waals surface area contributed by atoms with Gasteiger partial charge in [0.05, 0.1) is 6.10 Å². The minimum absolute atomic E-state index is 0.373. The van der Waals surface area contributed by atoms with Gasteiger partial charge in [-0.05, 0) is 52.5 Å². The molecule has 0 fully saturated rings. The molecule has 0 heterocycles. The summed E-state index contributed by atoms with van der Waals surface area (Å²) in [7, 11) is 0. The highest BCUT2D eigenvalue weighted by atomic mass is 16.5. The number of hydrogen-bond acceptors (Lipinski definition) is 2. The van der Waals surface area contributed by atoms with Gasteiger partial charge in [0.25, 0.3) is 0 Å². The standard InChI is InChI=1S/C13H29NO/c1-11(2)10-13(5)14-8-6-7-9-15-12(3)4/h11-14H,6-10H2,1-5H3. The maximum Gasteiger partial charge on any atom is 0.0518 e. The number of hydrogen-bond donors (Lipinski definition) is 1. The third kappa shape index (κ3) is 11.8. The molecule has 1 N–H and O–H groups in total. The van der Waals surface area contributed by atoms with E-state index in [0.29, 0.717) is 12.1 Å². The molecular weight excluding hydrogens is 186 g/mol. The first-order valence-corrected chi connectivity index (χ1v) is 6.37. The van der Waals surface area contributed by atoms with Crippen LogP contribution in [0.2, 0.25) is 0 Å². The van der Waals surface area contributed by atoms with E-state index in [1.807, 2.05) is 0 Å². The normalized spacial score (nSPS) is 13.8. The third-order valence-corrected chi connectivity index (χ3v) is 2.34. The molecule has 0 amide bonds. The molecule has 0 aliphatic heterocycles. The largest absolute Gasteiger partial charge is 0.379 e. The van der Waals surface area contributed by atoms with E-state index in [4.69, 9.17) is 4.74 Å². The second kappa shape index (κ2) is 9.17. The van der Waals surface area contributed by atoms with Crippen LogP contribution in [0.3, 0.4) is 0 Å². The first kappa shape index (κ1) is 14.9. The zero-order chi connectivity index (χ0) is 11.7. The van der Waals surface area contributed by atoms with Gasteiger partial charge in [-0.1, -0.05) is 13.8 Å². The Kier molecular flexibility index (Phi) is 9.12. The van der Waals surface area contributed by atoms with Crippen molar-refractivity contribution in [2.24, 2.45) is 5.92 Å². The van der Waals surface area contributed by atoms with Crippen molar-refractivity contribution >= 4 is 0 Å². The van der Waals surface area contributed by atoms with Gasteiger partial charge in [0.2, 0.25) is 0 Å². The molecule has 0 radical (unpaired) electrons. The minimum atomic E-state index is 0.373. The van der Waals surface area contributed by atoms with Crippen LogP contribution < -0.4 is 5.32 Å². The van der Waals surface area contributed by atoms with Crippen LogP contribution in [-0.4, -0.2) is 25.3 Å². The quantitative estimate of drug-likeness (QED) is 0.596. The van der Waals surface area contributed by atoms with Crippen LogP contribution in [0.5, 0.6) is 0 Å². The number of rotatable bonds is 9. The molecule has 0 rings (SSSR count). The average Bonchev–Trinajstić information content (AvgIpc) is 2.09. The molecule has 2 nitrogen and oxygen atoms in total. The summed E-state index contributed by atoms with van der Waals surface area (Å²) >= 11 is 0. The molecule has 92 valence electrons. The second-order valence-corrected chi connectivity index (χ2v) is 5.11. The van der Waals surface area contributed by atoms with Crippen molar-refractivity contribution in [1.29, 1.82) is 0 Å². The first-order chi connectivity index (χ1) is 7.02. The number of ether oxygens (including phenoxy) is 1. The lowest BCUT2D eigenvalue weighted by molar-refractivity contribution is 0.0759. The summed E-state index contributed by atoms with van der Waals surface area (Å²) in [5.74, 6) is 0.789. The van der Waals surface area contributed by atoms with Crippen molar-refractivity contribution in [3.05, 3.63) is 0 Å². The van der Waals surface area contributed by atoms with Gasteiger partial charge in [0.1, 0.15) is 0 Å². The summed E-state index contributed by atoms with van der Waals surface area (Å²) in [6.45, 7) is 13.0. The van der Waals surface area contributed by atoms with Crippen molar-refractivity contribution in [1.82, 2.24) is 5.32 Å².